The maximum atomic E-state index is 14.1. The zero-order chi connectivity index (χ0) is 20.0. The summed E-state index contributed by atoms with van der Waals surface area (Å²) in [5, 5.41) is 18.4. The van der Waals surface area contributed by atoms with Crippen LogP contribution >= 0.6 is 15.9 Å². The van der Waals surface area contributed by atoms with E-state index in [2.05, 4.69) is 15.9 Å². The molecule has 10 heteroatoms. The van der Waals surface area contributed by atoms with E-state index >= 15 is 0 Å². The molecule has 1 heterocycles. The largest absolute Gasteiger partial charge is 0.477 e. The molecule has 0 fully saturated rings. The number of pyridine rings is 1. The summed E-state index contributed by atoms with van der Waals surface area (Å²) in [6, 6.07) is 2.58. The van der Waals surface area contributed by atoms with Gasteiger partial charge in [0.25, 0.3) is 0 Å². The first-order valence-corrected chi connectivity index (χ1v) is 8.12. The fourth-order valence-corrected chi connectivity index (χ4v) is 3.30. The summed E-state index contributed by atoms with van der Waals surface area (Å²) < 4.78 is 42.2. The highest BCUT2D eigenvalue weighted by molar-refractivity contribution is 9.10. The number of anilines is 1. The fourth-order valence-electron chi connectivity index (χ4n) is 2.70. The summed E-state index contributed by atoms with van der Waals surface area (Å²) in [5.41, 5.74) is 3.24. The normalized spacial score (nSPS) is 11.1. The van der Waals surface area contributed by atoms with Crippen LogP contribution in [0.2, 0.25) is 0 Å². The van der Waals surface area contributed by atoms with Crippen molar-refractivity contribution < 1.29 is 28.2 Å². The number of nitrogens with two attached hydrogens (primary N) is 1. The second-order valence-corrected chi connectivity index (χ2v) is 6.38. The minimum absolute atomic E-state index is 0.00407. The number of halogens is 4. The molecule has 6 nitrogen and oxygen atoms in total. The average molecular weight is 443 g/mol. The van der Waals surface area contributed by atoms with Crippen molar-refractivity contribution in [3.8, 4) is 5.69 Å². The molecule has 2 aromatic carbocycles. The number of hydrogen-bond donors (Lipinski definition) is 3. The van der Waals surface area contributed by atoms with Gasteiger partial charge in [-0.2, -0.15) is 0 Å². The van der Waals surface area contributed by atoms with Crippen LogP contribution in [0.3, 0.4) is 0 Å². The maximum Gasteiger partial charge on any atom is 0.341 e. The number of hydrogen-bond acceptors (Lipinski definition) is 4. The van der Waals surface area contributed by atoms with Gasteiger partial charge in [0, 0.05) is 11.8 Å². The van der Waals surface area contributed by atoms with Crippen LogP contribution in [-0.4, -0.2) is 20.7 Å². The first kappa shape index (κ1) is 18.9. The predicted molar refractivity (Wildman–Crippen MR) is 94.4 cm³/mol. The average Bonchev–Trinajstić information content (AvgIpc) is 2.62. The molecule has 0 aliphatic rings. The summed E-state index contributed by atoms with van der Waals surface area (Å²) in [6.07, 6.45) is 0.876. The van der Waals surface area contributed by atoms with Crippen LogP contribution in [0.25, 0.3) is 16.6 Å². The number of aromatic nitrogens is 1. The molecule has 0 spiro atoms. The van der Waals surface area contributed by atoms with Gasteiger partial charge in [0.05, 0.1) is 33.4 Å². The zero-order valence-electron chi connectivity index (χ0n) is 13.3. The van der Waals surface area contributed by atoms with E-state index in [4.69, 9.17) is 5.73 Å². The minimum Gasteiger partial charge on any atom is -0.477 e. The molecule has 0 bridgehead atoms. The van der Waals surface area contributed by atoms with E-state index in [1.165, 1.54) is 0 Å². The van der Waals surface area contributed by atoms with E-state index in [0.717, 1.165) is 22.9 Å². The van der Waals surface area contributed by atoms with Gasteiger partial charge in [-0.3, -0.25) is 4.79 Å². The number of nitrogen functional groups attached to an aromatic ring is 1. The lowest BCUT2D eigenvalue weighted by Crippen LogP contribution is -2.20. The Morgan fingerprint density at radius 3 is 2.44 bits per heavy atom. The second kappa shape index (κ2) is 6.71. The molecule has 0 atom stereocenters. The van der Waals surface area contributed by atoms with Gasteiger partial charge in [-0.05, 0) is 34.1 Å². The summed E-state index contributed by atoms with van der Waals surface area (Å²) >= 11 is 2.87. The molecular formula is C17H10BrF3N2O4. The summed E-state index contributed by atoms with van der Waals surface area (Å²) in [6.45, 7) is -0.663. The van der Waals surface area contributed by atoms with E-state index in [-0.39, 0.29) is 22.5 Å². The molecule has 0 saturated heterocycles. The van der Waals surface area contributed by atoms with E-state index in [0.29, 0.717) is 6.07 Å². The van der Waals surface area contributed by atoms with Crippen LogP contribution in [0, 0.1) is 17.5 Å². The fraction of sp³-hybridized carbons (Fsp3) is 0.0588. The van der Waals surface area contributed by atoms with Gasteiger partial charge in [-0.15, -0.1) is 0 Å². The Bertz CT molecular complexity index is 1180. The third kappa shape index (κ3) is 2.96. The van der Waals surface area contributed by atoms with E-state index in [1.807, 2.05) is 0 Å². The van der Waals surface area contributed by atoms with Crippen molar-refractivity contribution in [2.45, 2.75) is 6.61 Å². The minimum atomic E-state index is -1.60. The molecule has 4 N–H and O–H groups in total. The number of aliphatic hydroxyl groups is 1. The standard InChI is InChI=1S/C17H10BrF3N2O4/c18-13-14(21)10(20)2-7-15(13)23(4-8(16(7)25)17(26)27)12-3-11(22)9(19)1-6(12)5-24/h1-4,24H,5,22H2,(H,26,27). The summed E-state index contributed by atoms with van der Waals surface area (Å²) in [4.78, 5) is 23.8. The molecule has 0 radical (unpaired) electrons. The zero-order valence-corrected chi connectivity index (χ0v) is 14.8. The Hall–Kier alpha value is -2.85. The van der Waals surface area contributed by atoms with Gasteiger partial charge in [-0.1, -0.05) is 0 Å². The number of aliphatic hydroxyl groups excluding tert-OH is 1. The number of carboxylic acids is 1. The second-order valence-electron chi connectivity index (χ2n) is 5.59. The molecule has 0 unspecified atom stereocenters. The molecule has 0 saturated carbocycles. The molecule has 0 aliphatic carbocycles. The number of carboxylic acid groups (broad SMARTS) is 1. The number of carbonyl (C=O) groups is 1. The van der Waals surface area contributed by atoms with Crippen molar-refractivity contribution in [1.82, 2.24) is 4.57 Å². The molecule has 140 valence electrons. The van der Waals surface area contributed by atoms with E-state index in [1.54, 1.807) is 0 Å². The van der Waals surface area contributed by atoms with Crippen molar-refractivity contribution in [3.05, 3.63) is 67.7 Å². The lowest BCUT2D eigenvalue weighted by Gasteiger charge is -2.18. The number of benzene rings is 2. The van der Waals surface area contributed by atoms with Crippen molar-refractivity contribution in [1.29, 1.82) is 0 Å². The Kier molecular flexibility index (Phi) is 4.70. The predicted octanol–water partition coefficient (Wildman–Crippen LogP) is 2.94. The maximum absolute atomic E-state index is 14.1. The Morgan fingerprint density at radius 2 is 1.85 bits per heavy atom. The Labute approximate surface area is 157 Å². The molecule has 0 aliphatic heterocycles. The first-order valence-electron chi connectivity index (χ1n) is 7.32. The van der Waals surface area contributed by atoms with Gasteiger partial charge < -0.3 is 20.5 Å². The molecule has 3 aromatic rings. The lowest BCUT2D eigenvalue weighted by atomic mass is 10.1. The van der Waals surface area contributed by atoms with Crippen LogP contribution < -0.4 is 11.2 Å². The van der Waals surface area contributed by atoms with Crippen LogP contribution in [0.4, 0.5) is 18.9 Å². The SMILES string of the molecule is Nc1cc(-n2cc(C(=O)O)c(=O)c3cc(F)c(F)c(Br)c32)c(CO)cc1F. The molecule has 3 rings (SSSR count). The van der Waals surface area contributed by atoms with Crippen molar-refractivity contribution in [2.75, 3.05) is 5.73 Å². The number of fused-ring (bicyclic) bond motifs is 1. The highest BCUT2D eigenvalue weighted by atomic mass is 79.9. The lowest BCUT2D eigenvalue weighted by molar-refractivity contribution is 0.0695. The van der Waals surface area contributed by atoms with Crippen molar-refractivity contribution >= 4 is 38.5 Å². The van der Waals surface area contributed by atoms with Gasteiger partial charge in [0.2, 0.25) is 5.43 Å². The Balaban J connectivity index is 2.59. The quantitative estimate of drug-likeness (QED) is 0.427. The third-order valence-electron chi connectivity index (χ3n) is 3.98. The molecule has 0 amide bonds. The highest BCUT2D eigenvalue weighted by Crippen LogP contribution is 2.32. The topological polar surface area (TPSA) is 106 Å². The monoisotopic (exact) mass is 442 g/mol. The van der Waals surface area contributed by atoms with Crippen LogP contribution in [0.5, 0.6) is 0 Å². The third-order valence-corrected chi connectivity index (χ3v) is 4.71. The van der Waals surface area contributed by atoms with Crippen LogP contribution in [0.15, 0.2) is 33.7 Å². The molecular weight excluding hydrogens is 433 g/mol. The summed E-state index contributed by atoms with van der Waals surface area (Å²) in [5.74, 6) is -5.10. The number of nitrogens with zero attached hydrogens (tertiary/aromatic N) is 1. The van der Waals surface area contributed by atoms with Crippen molar-refractivity contribution in [3.63, 3.8) is 0 Å². The Morgan fingerprint density at radius 1 is 1.19 bits per heavy atom. The number of aromatic carboxylic acids is 1. The first-order chi connectivity index (χ1) is 12.7. The smallest absolute Gasteiger partial charge is 0.341 e. The van der Waals surface area contributed by atoms with Crippen LogP contribution in [-0.2, 0) is 6.61 Å². The van der Waals surface area contributed by atoms with Crippen LogP contribution in [0.1, 0.15) is 15.9 Å². The van der Waals surface area contributed by atoms with E-state index in [9.17, 15) is 33.0 Å². The molecule has 27 heavy (non-hydrogen) atoms. The van der Waals surface area contributed by atoms with E-state index < -0.39 is 50.9 Å². The van der Waals surface area contributed by atoms with Gasteiger partial charge >= 0.3 is 5.97 Å². The summed E-state index contributed by atoms with van der Waals surface area (Å²) in [7, 11) is 0. The number of rotatable bonds is 3. The van der Waals surface area contributed by atoms with Gasteiger partial charge in [-0.25, -0.2) is 18.0 Å². The van der Waals surface area contributed by atoms with Crippen molar-refractivity contribution in [2.24, 2.45) is 0 Å². The molecule has 1 aromatic heterocycles. The van der Waals surface area contributed by atoms with Gasteiger partial charge in [0.1, 0.15) is 11.4 Å². The van der Waals surface area contributed by atoms with Gasteiger partial charge in [0.15, 0.2) is 11.6 Å². The highest BCUT2D eigenvalue weighted by Gasteiger charge is 2.22.